The number of nitrogens with zero attached hydrogens (tertiary/aromatic N) is 1. The van der Waals surface area contributed by atoms with Crippen molar-refractivity contribution in [2.75, 3.05) is 6.54 Å². The maximum absolute atomic E-state index is 12.9. The van der Waals surface area contributed by atoms with Gasteiger partial charge in [0, 0.05) is 5.56 Å². The Kier molecular flexibility index (Phi) is 3.11. The summed E-state index contributed by atoms with van der Waals surface area (Å²) in [6.07, 6.45) is 5.17. The van der Waals surface area contributed by atoms with Crippen LogP contribution in [0, 0.1) is 5.82 Å². The van der Waals surface area contributed by atoms with Crippen molar-refractivity contribution in [3.63, 3.8) is 0 Å². The SMILES string of the molecule is Fc1ccc(-c2cnoc2C2CCCCN2)cc1. The highest BCUT2D eigenvalue weighted by molar-refractivity contribution is 5.64. The van der Waals surface area contributed by atoms with Crippen molar-refractivity contribution in [2.45, 2.75) is 25.3 Å². The largest absolute Gasteiger partial charge is 0.359 e. The van der Waals surface area contributed by atoms with Crippen LogP contribution in [0.1, 0.15) is 31.1 Å². The van der Waals surface area contributed by atoms with Gasteiger partial charge in [0.2, 0.25) is 0 Å². The molecule has 3 rings (SSSR count). The lowest BCUT2D eigenvalue weighted by molar-refractivity contribution is 0.306. The van der Waals surface area contributed by atoms with Gasteiger partial charge in [-0.25, -0.2) is 4.39 Å². The highest BCUT2D eigenvalue weighted by Crippen LogP contribution is 2.32. The molecule has 0 bridgehead atoms. The van der Waals surface area contributed by atoms with Gasteiger partial charge < -0.3 is 9.84 Å². The second-order valence-electron chi connectivity index (χ2n) is 4.61. The van der Waals surface area contributed by atoms with Gasteiger partial charge >= 0.3 is 0 Å². The Bertz CT molecular complexity index is 515. The fourth-order valence-corrected chi connectivity index (χ4v) is 2.42. The highest BCUT2D eigenvalue weighted by atomic mass is 19.1. The van der Waals surface area contributed by atoms with Gasteiger partial charge in [0.15, 0.2) is 5.76 Å². The van der Waals surface area contributed by atoms with E-state index in [1.165, 1.54) is 25.0 Å². The molecule has 18 heavy (non-hydrogen) atoms. The monoisotopic (exact) mass is 246 g/mol. The fourth-order valence-electron chi connectivity index (χ4n) is 2.42. The van der Waals surface area contributed by atoms with Crippen LogP contribution in [0.3, 0.4) is 0 Å². The molecule has 0 amide bonds. The first-order valence-corrected chi connectivity index (χ1v) is 6.28. The van der Waals surface area contributed by atoms with Crippen molar-refractivity contribution in [2.24, 2.45) is 0 Å². The van der Waals surface area contributed by atoms with Crippen LogP contribution < -0.4 is 5.32 Å². The fraction of sp³-hybridized carbons (Fsp3) is 0.357. The first-order valence-electron chi connectivity index (χ1n) is 6.28. The second kappa shape index (κ2) is 4.90. The molecule has 1 atom stereocenters. The van der Waals surface area contributed by atoms with Crippen LogP contribution >= 0.6 is 0 Å². The molecule has 0 saturated carbocycles. The zero-order valence-electron chi connectivity index (χ0n) is 10.0. The Morgan fingerprint density at radius 1 is 1.22 bits per heavy atom. The molecule has 2 aromatic rings. The summed E-state index contributed by atoms with van der Waals surface area (Å²) >= 11 is 0. The molecule has 1 saturated heterocycles. The Balaban J connectivity index is 1.93. The first-order chi connectivity index (χ1) is 8.84. The summed E-state index contributed by atoms with van der Waals surface area (Å²) in [7, 11) is 0. The standard InChI is InChI=1S/C14H15FN2O/c15-11-6-4-10(5-7-11)12-9-17-18-14(12)13-3-1-2-8-16-13/h4-7,9,13,16H,1-3,8H2. The average molecular weight is 246 g/mol. The van der Waals surface area contributed by atoms with Gasteiger partial charge in [0.05, 0.1) is 12.2 Å². The lowest BCUT2D eigenvalue weighted by Crippen LogP contribution is -2.26. The van der Waals surface area contributed by atoms with Crippen molar-refractivity contribution < 1.29 is 8.91 Å². The summed E-state index contributed by atoms with van der Waals surface area (Å²) < 4.78 is 18.3. The number of nitrogens with one attached hydrogen (secondary N) is 1. The highest BCUT2D eigenvalue weighted by Gasteiger charge is 2.22. The van der Waals surface area contributed by atoms with E-state index in [2.05, 4.69) is 10.5 Å². The summed E-state index contributed by atoms with van der Waals surface area (Å²) in [6, 6.07) is 6.66. The zero-order chi connectivity index (χ0) is 12.4. The minimum Gasteiger partial charge on any atom is -0.359 e. The quantitative estimate of drug-likeness (QED) is 0.883. The van der Waals surface area contributed by atoms with E-state index in [0.29, 0.717) is 0 Å². The number of aromatic nitrogens is 1. The zero-order valence-corrected chi connectivity index (χ0v) is 10.0. The van der Waals surface area contributed by atoms with E-state index in [1.807, 2.05) is 0 Å². The molecule has 2 heterocycles. The summed E-state index contributed by atoms with van der Waals surface area (Å²) in [5, 5.41) is 7.32. The van der Waals surface area contributed by atoms with Crippen LogP contribution in [-0.2, 0) is 0 Å². The Hall–Kier alpha value is -1.68. The van der Waals surface area contributed by atoms with E-state index in [0.717, 1.165) is 29.9 Å². The molecule has 1 aromatic heterocycles. The van der Waals surface area contributed by atoms with Gasteiger partial charge in [0.1, 0.15) is 5.82 Å². The number of rotatable bonds is 2. The molecule has 4 heteroatoms. The third kappa shape index (κ3) is 2.16. The number of hydrogen-bond acceptors (Lipinski definition) is 3. The van der Waals surface area contributed by atoms with Crippen LogP contribution in [-0.4, -0.2) is 11.7 Å². The Labute approximate surface area is 105 Å². The Morgan fingerprint density at radius 3 is 2.78 bits per heavy atom. The van der Waals surface area contributed by atoms with E-state index in [4.69, 9.17) is 4.52 Å². The van der Waals surface area contributed by atoms with E-state index in [1.54, 1.807) is 18.3 Å². The minimum absolute atomic E-state index is 0.223. The number of piperidine rings is 1. The molecule has 1 N–H and O–H groups in total. The van der Waals surface area contributed by atoms with E-state index in [-0.39, 0.29) is 11.9 Å². The second-order valence-corrected chi connectivity index (χ2v) is 4.61. The topological polar surface area (TPSA) is 38.1 Å². The number of hydrogen-bond donors (Lipinski definition) is 1. The maximum Gasteiger partial charge on any atom is 0.161 e. The number of benzene rings is 1. The molecule has 94 valence electrons. The van der Waals surface area contributed by atoms with E-state index in [9.17, 15) is 4.39 Å². The summed E-state index contributed by atoms with van der Waals surface area (Å²) in [5.41, 5.74) is 1.90. The smallest absolute Gasteiger partial charge is 0.161 e. The van der Waals surface area contributed by atoms with Crippen molar-refractivity contribution >= 4 is 0 Å². The van der Waals surface area contributed by atoms with Gasteiger partial charge in [-0.15, -0.1) is 0 Å². The normalized spacial score (nSPS) is 19.9. The average Bonchev–Trinajstić information content (AvgIpc) is 2.90. The van der Waals surface area contributed by atoms with Gasteiger partial charge in [-0.3, -0.25) is 0 Å². The number of halogens is 1. The van der Waals surface area contributed by atoms with E-state index < -0.39 is 0 Å². The van der Waals surface area contributed by atoms with Crippen LogP contribution in [0.2, 0.25) is 0 Å². The third-order valence-electron chi connectivity index (χ3n) is 3.38. The van der Waals surface area contributed by atoms with Gasteiger partial charge in [-0.05, 0) is 37.1 Å². The lowest BCUT2D eigenvalue weighted by atomic mass is 9.97. The lowest BCUT2D eigenvalue weighted by Gasteiger charge is -2.21. The molecule has 1 aliphatic heterocycles. The summed E-state index contributed by atoms with van der Waals surface area (Å²) in [5.74, 6) is 0.633. The molecule has 1 aromatic carbocycles. The van der Waals surface area contributed by atoms with Gasteiger partial charge in [-0.1, -0.05) is 23.7 Å². The molecule has 0 spiro atoms. The molecule has 1 unspecified atom stereocenters. The van der Waals surface area contributed by atoms with Gasteiger partial charge in [0.25, 0.3) is 0 Å². The molecular formula is C14H15FN2O. The maximum atomic E-state index is 12.9. The minimum atomic E-state index is -0.229. The van der Waals surface area contributed by atoms with Crippen molar-refractivity contribution in [3.05, 3.63) is 42.0 Å². The molecule has 0 radical (unpaired) electrons. The van der Waals surface area contributed by atoms with Crippen molar-refractivity contribution in [1.29, 1.82) is 0 Å². The molecule has 1 fully saturated rings. The third-order valence-corrected chi connectivity index (χ3v) is 3.38. The van der Waals surface area contributed by atoms with Crippen LogP contribution in [0.15, 0.2) is 35.0 Å². The molecule has 1 aliphatic rings. The van der Waals surface area contributed by atoms with Crippen LogP contribution in [0.4, 0.5) is 4.39 Å². The molecule has 0 aliphatic carbocycles. The predicted molar refractivity (Wildman–Crippen MR) is 66.5 cm³/mol. The van der Waals surface area contributed by atoms with Gasteiger partial charge in [-0.2, -0.15) is 0 Å². The van der Waals surface area contributed by atoms with Crippen molar-refractivity contribution in [3.8, 4) is 11.1 Å². The predicted octanol–water partition coefficient (Wildman–Crippen LogP) is 3.30. The van der Waals surface area contributed by atoms with Crippen LogP contribution in [0.5, 0.6) is 0 Å². The summed E-state index contributed by atoms with van der Waals surface area (Å²) in [4.78, 5) is 0. The van der Waals surface area contributed by atoms with Crippen molar-refractivity contribution in [1.82, 2.24) is 10.5 Å². The van der Waals surface area contributed by atoms with Crippen LogP contribution in [0.25, 0.3) is 11.1 Å². The first kappa shape index (κ1) is 11.4. The molecule has 3 nitrogen and oxygen atoms in total. The Morgan fingerprint density at radius 2 is 2.06 bits per heavy atom. The molecular weight excluding hydrogens is 231 g/mol. The van der Waals surface area contributed by atoms with E-state index >= 15 is 0 Å². The summed E-state index contributed by atoms with van der Waals surface area (Å²) in [6.45, 7) is 1.01.